The van der Waals surface area contributed by atoms with Crippen molar-refractivity contribution in [3.63, 3.8) is 0 Å². The Morgan fingerprint density at radius 3 is 1.87 bits per heavy atom. The van der Waals surface area contributed by atoms with Crippen molar-refractivity contribution in [2.24, 2.45) is 0 Å². The molecule has 1 unspecified atom stereocenters. The van der Waals surface area contributed by atoms with Gasteiger partial charge in [-0.05, 0) is 28.2 Å². The highest BCUT2D eigenvalue weighted by molar-refractivity contribution is 4.62. The second-order valence-corrected chi connectivity index (χ2v) is 4.40. The van der Waals surface area contributed by atoms with E-state index >= 15 is 0 Å². The standard InChI is InChI=1S/C10H25N3O2/c1-11(2)8-13(9-12(3)4)6-10(14)7-15-5/h10,14H,6-9H2,1-5H3. The summed E-state index contributed by atoms with van der Waals surface area (Å²) < 4.78 is 4.91. The van der Waals surface area contributed by atoms with E-state index in [4.69, 9.17) is 4.74 Å². The minimum absolute atomic E-state index is 0.386. The van der Waals surface area contributed by atoms with Gasteiger partial charge in [-0.2, -0.15) is 0 Å². The molecule has 92 valence electrons. The number of hydrogen-bond acceptors (Lipinski definition) is 5. The molecule has 0 fully saturated rings. The summed E-state index contributed by atoms with van der Waals surface area (Å²) in [5.41, 5.74) is 0. The molecule has 15 heavy (non-hydrogen) atoms. The quantitative estimate of drug-likeness (QED) is 0.548. The van der Waals surface area contributed by atoms with Gasteiger partial charge in [0.15, 0.2) is 0 Å². The molecule has 5 nitrogen and oxygen atoms in total. The number of methoxy groups -OCH3 is 1. The summed E-state index contributed by atoms with van der Waals surface area (Å²) in [5, 5.41) is 9.64. The van der Waals surface area contributed by atoms with Crippen molar-refractivity contribution < 1.29 is 9.84 Å². The Bertz CT molecular complexity index is 144. The molecule has 0 amide bonds. The molecule has 0 saturated carbocycles. The van der Waals surface area contributed by atoms with E-state index in [1.54, 1.807) is 7.11 Å². The van der Waals surface area contributed by atoms with E-state index in [2.05, 4.69) is 14.7 Å². The monoisotopic (exact) mass is 219 g/mol. The molecule has 0 aromatic rings. The van der Waals surface area contributed by atoms with Gasteiger partial charge in [0.1, 0.15) is 0 Å². The largest absolute Gasteiger partial charge is 0.389 e. The first-order valence-electron chi connectivity index (χ1n) is 5.14. The first-order valence-corrected chi connectivity index (χ1v) is 5.14. The van der Waals surface area contributed by atoms with E-state index in [0.717, 1.165) is 13.3 Å². The summed E-state index contributed by atoms with van der Waals surface area (Å²) in [6, 6.07) is 0. The molecule has 0 aromatic heterocycles. The number of rotatable bonds is 8. The minimum atomic E-state index is -0.421. The van der Waals surface area contributed by atoms with Crippen molar-refractivity contribution in [2.75, 3.05) is 61.8 Å². The SMILES string of the molecule is COCC(O)CN(CN(C)C)CN(C)C. The van der Waals surface area contributed by atoms with E-state index in [0.29, 0.717) is 13.2 Å². The lowest BCUT2D eigenvalue weighted by Gasteiger charge is -2.29. The molecule has 0 saturated heterocycles. The molecule has 0 aliphatic heterocycles. The molecule has 0 aliphatic rings. The van der Waals surface area contributed by atoms with Crippen molar-refractivity contribution >= 4 is 0 Å². The molecule has 0 radical (unpaired) electrons. The second-order valence-electron chi connectivity index (χ2n) is 4.40. The molecular weight excluding hydrogens is 194 g/mol. The molecule has 0 aliphatic carbocycles. The third-order valence-electron chi connectivity index (χ3n) is 1.79. The zero-order valence-electron chi connectivity index (χ0n) is 10.6. The highest BCUT2D eigenvalue weighted by Crippen LogP contribution is 1.96. The lowest BCUT2D eigenvalue weighted by molar-refractivity contribution is 0.0143. The predicted octanol–water partition coefficient (Wildman–Crippen LogP) is -0.666. The summed E-state index contributed by atoms with van der Waals surface area (Å²) in [7, 11) is 9.68. The van der Waals surface area contributed by atoms with Crippen LogP contribution in [0.25, 0.3) is 0 Å². The Morgan fingerprint density at radius 2 is 1.53 bits per heavy atom. The van der Waals surface area contributed by atoms with Crippen LogP contribution in [0.3, 0.4) is 0 Å². The molecule has 5 heteroatoms. The van der Waals surface area contributed by atoms with Crippen LogP contribution >= 0.6 is 0 Å². The van der Waals surface area contributed by atoms with Gasteiger partial charge in [0.2, 0.25) is 0 Å². The van der Waals surface area contributed by atoms with Crippen molar-refractivity contribution in [1.82, 2.24) is 14.7 Å². The molecule has 0 heterocycles. The molecule has 0 spiro atoms. The van der Waals surface area contributed by atoms with Crippen LogP contribution in [0.1, 0.15) is 0 Å². The third kappa shape index (κ3) is 8.77. The zero-order chi connectivity index (χ0) is 11.8. The van der Waals surface area contributed by atoms with Crippen LogP contribution in [0.15, 0.2) is 0 Å². The summed E-state index contributed by atoms with van der Waals surface area (Å²) in [5.74, 6) is 0. The fourth-order valence-corrected chi connectivity index (χ4v) is 1.50. The Morgan fingerprint density at radius 1 is 1.07 bits per heavy atom. The zero-order valence-corrected chi connectivity index (χ0v) is 10.6. The number of nitrogens with zero attached hydrogens (tertiary/aromatic N) is 3. The Hall–Kier alpha value is -0.200. The fraction of sp³-hybridized carbons (Fsp3) is 1.00. The van der Waals surface area contributed by atoms with Crippen molar-refractivity contribution in [2.45, 2.75) is 6.10 Å². The maximum absolute atomic E-state index is 9.64. The van der Waals surface area contributed by atoms with Gasteiger partial charge in [0.25, 0.3) is 0 Å². The fourth-order valence-electron chi connectivity index (χ4n) is 1.50. The molecule has 1 atom stereocenters. The number of aliphatic hydroxyl groups excluding tert-OH is 1. The predicted molar refractivity (Wildman–Crippen MR) is 61.7 cm³/mol. The molecule has 0 bridgehead atoms. The van der Waals surface area contributed by atoms with Crippen molar-refractivity contribution in [1.29, 1.82) is 0 Å². The Kier molecular flexibility index (Phi) is 7.90. The molecule has 0 aromatic carbocycles. The number of hydrogen-bond donors (Lipinski definition) is 1. The van der Waals surface area contributed by atoms with Gasteiger partial charge in [-0.1, -0.05) is 0 Å². The Labute approximate surface area is 93.2 Å². The number of ether oxygens (including phenoxy) is 1. The lowest BCUT2D eigenvalue weighted by atomic mass is 10.3. The molecular formula is C10H25N3O2. The van der Waals surface area contributed by atoms with E-state index in [1.807, 2.05) is 28.2 Å². The van der Waals surface area contributed by atoms with Crippen LogP contribution in [0.5, 0.6) is 0 Å². The summed E-state index contributed by atoms with van der Waals surface area (Å²) in [6.45, 7) is 2.68. The van der Waals surface area contributed by atoms with E-state index in [9.17, 15) is 5.11 Å². The first-order chi connectivity index (χ1) is 6.95. The van der Waals surface area contributed by atoms with Crippen LogP contribution in [0.2, 0.25) is 0 Å². The summed E-state index contributed by atoms with van der Waals surface area (Å²) in [4.78, 5) is 6.34. The average Bonchev–Trinajstić information content (AvgIpc) is 2.00. The van der Waals surface area contributed by atoms with Gasteiger partial charge in [-0.25, -0.2) is 0 Å². The van der Waals surface area contributed by atoms with Gasteiger partial charge in [-0.15, -0.1) is 0 Å². The topological polar surface area (TPSA) is 39.2 Å². The maximum atomic E-state index is 9.64. The van der Waals surface area contributed by atoms with Crippen LogP contribution in [0.4, 0.5) is 0 Å². The highest BCUT2D eigenvalue weighted by atomic mass is 16.5. The second kappa shape index (κ2) is 8.01. The minimum Gasteiger partial charge on any atom is -0.389 e. The first kappa shape index (κ1) is 14.8. The van der Waals surface area contributed by atoms with Crippen LogP contribution in [-0.2, 0) is 4.74 Å². The van der Waals surface area contributed by atoms with Crippen LogP contribution < -0.4 is 0 Å². The van der Waals surface area contributed by atoms with Crippen molar-refractivity contribution in [3.05, 3.63) is 0 Å². The third-order valence-corrected chi connectivity index (χ3v) is 1.79. The molecule has 1 N–H and O–H groups in total. The van der Waals surface area contributed by atoms with E-state index in [1.165, 1.54) is 0 Å². The van der Waals surface area contributed by atoms with E-state index < -0.39 is 6.10 Å². The summed E-state index contributed by atoms with van der Waals surface area (Å²) >= 11 is 0. The van der Waals surface area contributed by atoms with Gasteiger partial charge < -0.3 is 9.84 Å². The molecule has 0 rings (SSSR count). The normalized spacial score (nSPS) is 14.2. The van der Waals surface area contributed by atoms with Crippen molar-refractivity contribution in [3.8, 4) is 0 Å². The van der Waals surface area contributed by atoms with Gasteiger partial charge >= 0.3 is 0 Å². The van der Waals surface area contributed by atoms with Gasteiger partial charge in [0.05, 0.1) is 26.0 Å². The Balaban J connectivity index is 3.99. The van der Waals surface area contributed by atoms with Gasteiger partial charge in [0, 0.05) is 13.7 Å². The number of aliphatic hydroxyl groups is 1. The summed E-state index contributed by atoms with van der Waals surface area (Å²) in [6.07, 6.45) is -0.421. The van der Waals surface area contributed by atoms with Crippen LogP contribution in [-0.4, -0.2) is 87.7 Å². The maximum Gasteiger partial charge on any atom is 0.0901 e. The lowest BCUT2D eigenvalue weighted by Crippen LogP contribution is -2.44. The van der Waals surface area contributed by atoms with Crippen LogP contribution in [0, 0.1) is 0 Å². The smallest absolute Gasteiger partial charge is 0.0901 e. The average molecular weight is 219 g/mol. The highest BCUT2D eigenvalue weighted by Gasteiger charge is 2.12. The van der Waals surface area contributed by atoms with E-state index in [-0.39, 0.29) is 0 Å². The van der Waals surface area contributed by atoms with Gasteiger partial charge in [-0.3, -0.25) is 14.7 Å².